The van der Waals surface area contributed by atoms with Crippen molar-refractivity contribution in [1.29, 1.82) is 0 Å². The second-order valence-corrected chi connectivity index (χ2v) is 3.91. The maximum absolute atomic E-state index is 13.0. The molecule has 2 aromatic rings. The van der Waals surface area contributed by atoms with Gasteiger partial charge in [0.1, 0.15) is 17.4 Å². The van der Waals surface area contributed by atoms with Crippen molar-refractivity contribution in [3.63, 3.8) is 0 Å². The second-order valence-electron chi connectivity index (χ2n) is 3.50. The number of halogens is 3. The average Bonchev–Trinajstić information content (AvgIpc) is 2.34. The van der Waals surface area contributed by atoms with Crippen molar-refractivity contribution in [2.75, 3.05) is 0 Å². The zero-order chi connectivity index (χ0) is 13.1. The van der Waals surface area contributed by atoms with E-state index in [4.69, 9.17) is 22.1 Å². The molecule has 2 rings (SSSR count). The normalized spacial score (nSPS) is 10.4. The lowest BCUT2D eigenvalue weighted by Crippen LogP contribution is -2.02. The molecule has 0 unspecified atom stereocenters. The molecule has 0 saturated carbocycles. The summed E-state index contributed by atoms with van der Waals surface area (Å²) in [6, 6.07) is 4.90. The molecule has 94 valence electrons. The van der Waals surface area contributed by atoms with E-state index in [-0.39, 0.29) is 23.2 Å². The van der Waals surface area contributed by atoms with E-state index >= 15 is 0 Å². The lowest BCUT2D eigenvalue weighted by Gasteiger charge is -2.09. The largest absolute Gasteiger partial charge is 0.437 e. The molecule has 0 aliphatic carbocycles. The zero-order valence-corrected chi connectivity index (χ0v) is 9.92. The minimum Gasteiger partial charge on any atom is -0.437 e. The van der Waals surface area contributed by atoms with Gasteiger partial charge < -0.3 is 10.5 Å². The van der Waals surface area contributed by atoms with Gasteiger partial charge >= 0.3 is 0 Å². The second kappa shape index (κ2) is 5.29. The third-order valence-electron chi connectivity index (χ3n) is 2.21. The van der Waals surface area contributed by atoms with Gasteiger partial charge in [-0.25, -0.2) is 13.8 Å². The first-order valence-corrected chi connectivity index (χ1v) is 5.45. The van der Waals surface area contributed by atoms with Gasteiger partial charge in [0.25, 0.3) is 0 Å². The van der Waals surface area contributed by atoms with Crippen molar-refractivity contribution in [3.05, 3.63) is 52.7 Å². The number of nitrogens with two attached hydrogens (primary N) is 1. The monoisotopic (exact) mass is 270 g/mol. The smallest absolute Gasteiger partial charge is 0.223 e. The molecule has 0 atom stereocenters. The van der Waals surface area contributed by atoms with Crippen molar-refractivity contribution in [3.8, 4) is 11.6 Å². The Hall–Kier alpha value is -1.72. The van der Waals surface area contributed by atoms with E-state index in [0.717, 1.165) is 12.3 Å². The maximum atomic E-state index is 13.0. The van der Waals surface area contributed by atoms with Crippen LogP contribution in [-0.2, 0) is 6.54 Å². The minimum absolute atomic E-state index is 0.0684. The first-order chi connectivity index (χ1) is 8.60. The van der Waals surface area contributed by atoms with Gasteiger partial charge in [-0.15, -0.1) is 0 Å². The summed E-state index contributed by atoms with van der Waals surface area (Å²) in [5.41, 5.74) is 5.85. The van der Waals surface area contributed by atoms with Crippen LogP contribution in [0.15, 0.2) is 30.5 Å². The van der Waals surface area contributed by atoms with E-state index in [1.165, 1.54) is 18.2 Å². The Morgan fingerprint density at radius 2 is 2.00 bits per heavy atom. The standard InChI is InChI=1S/C12H9ClF2N2O/c13-10-4-8(14)1-2-11(10)18-12-7(5-16)3-9(15)6-17-12/h1-4,6H,5,16H2. The van der Waals surface area contributed by atoms with Crippen molar-refractivity contribution < 1.29 is 13.5 Å². The van der Waals surface area contributed by atoms with Gasteiger partial charge in [0.05, 0.1) is 11.2 Å². The summed E-state index contributed by atoms with van der Waals surface area (Å²) in [5, 5.41) is 0.101. The molecule has 0 saturated heterocycles. The third kappa shape index (κ3) is 2.75. The van der Waals surface area contributed by atoms with Crippen LogP contribution in [0.25, 0.3) is 0 Å². The highest BCUT2D eigenvalue weighted by molar-refractivity contribution is 6.32. The summed E-state index contributed by atoms with van der Waals surface area (Å²) >= 11 is 5.81. The highest BCUT2D eigenvalue weighted by Gasteiger charge is 2.10. The predicted molar refractivity (Wildman–Crippen MR) is 63.6 cm³/mol. The molecular weight excluding hydrogens is 262 g/mol. The molecule has 0 aliphatic heterocycles. The average molecular weight is 271 g/mol. The number of benzene rings is 1. The van der Waals surface area contributed by atoms with Gasteiger partial charge in [0, 0.05) is 12.1 Å². The van der Waals surface area contributed by atoms with Crippen molar-refractivity contribution in [1.82, 2.24) is 4.98 Å². The number of nitrogens with zero attached hydrogens (tertiary/aromatic N) is 1. The number of hydrogen-bond acceptors (Lipinski definition) is 3. The maximum Gasteiger partial charge on any atom is 0.223 e. The van der Waals surface area contributed by atoms with Crippen LogP contribution >= 0.6 is 11.6 Å². The molecule has 1 aromatic heterocycles. The first kappa shape index (κ1) is 12.7. The molecule has 0 spiro atoms. The summed E-state index contributed by atoms with van der Waals surface area (Å²) in [7, 11) is 0. The number of aromatic nitrogens is 1. The molecule has 6 heteroatoms. The minimum atomic E-state index is -0.506. The number of pyridine rings is 1. The topological polar surface area (TPSA) is 48.1 Å². The zero-order valence-electron chi connectivity index (χ0n) is 9.16. The fourth-order valence-electron chi connectivity index (χ4n) is 1.37. The van der Waals surface area contributed by atoms with Gasteiger partial charge in [0.2, 0.25) is 5.88 Å². The van der Waals surface area contributed by atoms with Gasteiger partial charge in [-0.05, 0) is 24.3 Å². The summed E-state index contributed by atoms with van der Waals surface area (Å²) in [4.78, 5) is 3.78. The SMILES string of the molecule is NCc1cc(F)cnc1Oc1ccc(F)cc1Cl. The molecule has 0 aliphatic rings. The fraction of sp³-hybridized carbons (Fsp3) is 0.0833. The van der Waals surface area contributed by atoms with E-state index in [1.807, 2.05) is 0 Å². The van der Waals surface area contributed by atoms with Gasteiger partial charge in [-0.3, -0.25) is 0 Å². The molecule has 0 bridgehead atoms. The van der Waals surface area contributed by atoms with Crippen LogP contribution in [0, 0.1) is 11.6 Å². The summed E-state index contributed by atoms with van der Waals surface area (Å²) < 4.78 is 31.2. The van der Waals surface area contributed by atoms with E-state index in [1.54, 1.807) is 0 Å². The van der Waals surface area contributed by atoms with E-state index < -0.39 is 11.6 Å². The Morgan fingerprint density at radius 3 is 2.67 bits per heavy atom. The number of hydrogen-bond donors (Lipinski definition) is 1. The molecule has 0 radical (unpaired) electrons. The summed E-state index contributed by atoms with van der Waals surface area (Å²) in [6.07, 6.45) is 1.01. The Bertz CT molecular complexity index is 578. The lowest BCUT2D eigenvalue weighted by molar-refractivity contribution is 0.451. The van der Waals surface area contributed by atoms with Crippen LogP contribution < -0.4 is 10.5 Å². The number of rotatable bonds is 3. The number of ether oxygens (including phenoxy) is 1. The molecule has 0 amide bonds. The van der Waals surface area contributed by atoms with Crippen LogP contribution in [0.3, 0.4) is 0 Å². The van der Waals surface area contributed by atoms with Gasteiger partial charge in [-0.2, -0.15) is 0 Å². The predicted octanol–water partition coefficient (Wildman–Crippen LogP) is 3.26. The molecular formula is C12H9ClF2N2O. The summed E-state index contributed by atoms with van der Waals surface area (Å²) in [5.74, 6) is -0.606. The van der Waals surface area contributed by atoms with Crippen LogP contribution in [-0.4, -0.2) is 4.98 Å². The van der Waals surface area contributed by atoms with Gasteiger partial charge in [-0.1, -0.05) is 11.6 Å². The molecule has 18 heavy (non-hydrogen) atoms. The Balaban J connectivity index is 2.33. The van der Waals surface area contributed by atoms with Crippen molar-refractivity contribution in [2.45, 2.75) is 6.54 Å². The highest BCUT2D eigenvalue weighted by atomic mass is 35.5. The van der Waals surface area contributed by atoms with Crippen LogP contribution in [0.5, 0.6) is 11.6 Å². The quantitative estimate of drug-likeness (QED) is 0.931. The molecule has 3 nitrogen and oxygen atoms in total. The Labute approximate surface area is 107 Å². The third-order valence-corrected chi connectivity index (χ3v) is 2.51. The Kier molecular flexibility index (Phi) is 3.74. The lowest BCUT2D eigenvalue weighted by atomic mass is 10.2. The van der Waals surface area contributed by atoms with Gasteiger partial charge in [0.15, 0.2) is 0 Å². The van der Waals surface area contributed by atoms with Crippen molar-refractivity contribution in [2.24, 2.45) is 5.73 Å². The molecule has 1 aromatic carbocycles. The molecule has 1 heterocycles. The molecule has 2 N–H and O–H groups in total. The molecule has 0 fully saturated rings. The van der Waals surface area contributed by atoms with Crippen LogP contribution in [0.1, 0.15) is 5.56 Å². The summed E-state index contributed by atoms with van der Waals surface area (Å²) in [6.45, 7) is 0.0684. The fourth-order valence-corrected chi connectivity index (χ4v) is 1.57. The van der Waals surface area contributed by atoms with Crippen LogP contribution in [0.4, 0.5) is 8.78 Å². The van der Waals surface area contributed by atoms with Crippen LogP contribution in [0.2, 0.25) is 5.02 Å². The van der Waals surface area contributed by atoms with Crippen molar-refractivity contribution >= 4 is 11.6 Å². The highest BCUT2D eigenvalue weighted by Crippen LogP contribution is 2.30. The Morgan fingerprint density at radius 1 is 1.22 bits per heavy atom. The van der Waals surface area contributed by atoms with E-state index in [2.05, 4.69) is 4.98 Å². The first-order valence-electron chi connectivity index (χ1n) is 5.07. The van der Waals surface area contributed by atoms with E-state index in [9.17, 15) is 8.78 Å². The van der Waals surface area contributed by atoms with E-state index in [0.29, 0.717) is 5.56 Å².